The molecule has 0 bridgehead atoms. The summed E-state index contributed by atoms with van der Waals surface area (Å²) in [6.07, 6.45) is 0. The van der Waals surface area contributed by atoms with E-state index in [1.165, 1.54) is 7.11 Å². The fourth-order valence-electron chi connectivity index (χ4n) is 0.743. The molecule has 0 saturated heterocycles. The van der Waals surface area contributed by atoms with Crippen molar-refractivity contribution in [2.24, 2.45) is 0 Å². The molecule has 2 N–H and O–H groups in total. The van der Waals surface area contributed by atoms with Gasteiger partial charge in [-0.25, -0.2) is 10.3 Å². The molecule has 1 rings (SSSR count). The summed E-state index contributed by atoms with van der Waals surface area (Å²) in [6, 6.07) is 3.11. The maximum atomic E-state index is 10.8. The summed E-state index contributed by atoms with van der Waals surface area (Å²) in [5, 5.41) is 2.52. The van der Waals surface area contributed by atoms with Gasteiger partial charge in [0.25, 0.3) is 0 Å². The van der Waals surface area contributed by atoms with Gasteiger partial charge in [0.2, 0.25) is 0 Å². The summed E-state index contributed by atoms with van der Waals surface area (Å²) in [7, 11) is 1.36. The fourth-order valence-corrected chi connectivity index (χ4v) is 1.08. The van der Waals surface area contributed by atoms with E-state index in [-0.39, 0.29) is 0 Å². The first-order valence-corrected chi connectivity index (χ1v) is 4.32. The van der Waals surface area contributed by atoms with Crippen LogP contribution < -0.4 is 10.8 Å². The van der Waals surface area contributed by atoms with E-state index < -0.39 is 6.03 Å². The van der Waals surface area contributed by atoms with Crippen LogP contribution in [0.15, 0.2) is 21.2 Å². The van der Waals surface area contributed by atoms with E-state index in [4.69, 9.17) is 4.42 Å². The largest absolute Gasteiger partial charge is 0.452 e. The molecule has 5 nitrogen and oxygen atoms in total. The van der Waals surface area contributed by atoms with Crippen molar-refractivity contribution in [2.45, 2.75) is 6.54 Å². The van der Waals surface area contributed by atoms with Crippen molar-refractivity contribution in [3.63, 3.8) is 0 Å². The lowest BCUT2D eigenvalue weighted by atomic mass is 10.4. The Balaban J connectivity index is 2.30. The standard InChI is InChI=1S/C7H9BrN2O3/c1-12-10-7(11)9-4-5-2-3-6(8)13-5/h2-3H,4H2,1H3,(H2,9,10,11). The van der Waals surface area contributed by atoms with Gasteiger partial charge in [-0.15, -0.1) is 0 Å². The van der Waals surface area contributed by atoms with Gasteiger partial charge in [0.15, 0.2) is 4.67 Å². The monoisotopic (exact) mass is 248 g/mol. The average molecular weight is 249 g/mol. The van der Waals surface area contributed by atoms with Gasteiger partial charge in [0.05, 0.1) is 13.7 Å². The van der Waals surface area contributed by atoms with Crippen molar-refractivity contribution in [3.05, 3.63) is 22.6 Å². The Morgan fingerprint density at radius 3 is 3.00 bits per heavy atom. The fraction of sp³-hybridized carbons (Fsp3) is 0.286. The first-order valence-electron chi connectivity index (χ1n) is 3.53. The molecule has 0 spiro atoms. The van der Waals surface area contributed by atoms with E-state index in [0.29, 0.717) is 17.0 Å². The Morgan fingerprint density at radius 1 is 1.69 bits per heavy atom. The van der Waals surface area contributed by atoms with Crippen molar-refractivity contribution in [1.82, 2.24) is 10.8 Å². The number of furan rings is 1. The third-order valence-corrected chi connectivity index (χ3v) is 1.67. The number of rotatable bonds is 3. The molecule has 0 unspecified atom stereocenters. The highest BCUT2D eigenvalue weighted by molar-refractivity contribution is 9.10. The van der Waals surface area contributed by atoms with Gasteiger partial charge >= 0.3 is 6.03 Å². The van der Waals surface area contributed by atoms with Gasteiger partial charge in [-0.1, -0.05) is 0 Å². The summed E-state index contributed by atoms with van der Waals surface area (Å²) >= 11 is 3.15. The second kappa shape index (κ2) is 4.88. The molecule has 1 aromatic rings. The number of hydroxylamine groups is 1. The Bertz CT molecular complexity index is 287. The molecule has 0 aliphatic rings. The zero-order valence-electron chi connectivity index (χ0n) is 6.96. The molecule has 0 fully saturated rings. The molecule has 0 aliphatic heterocycles. The topological polar surface area (TPSA) is 63.5 Å². The number of amides is 2. The number of hydrogen-bond acceptors (Lipinski definition) is 3. The zero-order valence-corrected chi connectivity index (χ0v) is 8.55. The molecule has 1 heterocycles. The minimum atomic E-state index is -0.407. The zero-order chi connectivity index (χ0) is 9.68. The van der Waals surface area contributed by atoms with Gasteiger partial charge in [-0.3, -0.25) is 4.84 Å². The first-order chi connectivity index (χ1) is 6.22. The molecule has 6 heteroatoms. The summed E-state index contributed by atoms with van der Waals surface area (Å²) in [5.41, 5.74) is 2.12. The van der Waals surface area contributed by atoms with Gasteiger partial charge in [0, 0.05) is 0 Å². The Kier molecular flexibility index (Phi) is 3.78. The summed E-state index contributed by atoms with van der Waals surface area (Å²) in [6.45, 7) is 0.320. The van der Waals surface area contributed by atoms with Gasteiger partial charge in [-0.05, 0) is 28.1 Å². The van der Waals surface area contributed by atoms with Gasteiger partial charge in [0.1, 0.15) is 5.76 Å². The second-order valence-corrected chi connectivity index (χ2v) is 2.98. The van der Waals surface area contributed by atoms with Crippen molar-refractivity contribution in [1.29, 1.82) is 0 Å². The summed E-state index contributed by atoms with van der Waals surface area (Å²) < 4.78 is 5.78. The molecule has 13 heavy (non-hydrogen) atoms. The highest BCUT2D eigenvalue weighted by atomic mass is 79.9. The minimum absolute atomic E-state index is 0.320. The highest BCUT2D eigenvalue weighted by Gasteiger charge is 2.01. The van der Waals surface area contributed by atoms with E-state index in [2.05, 4.69) is 31.6 Å². The minimum Gasteiger partial charge on any atom is -0.452 e. The number of carbonyl (C=O) groups excluding carboxylic acids is 1. The van der Waals surface area contributed by atoms with Crippen LogP contribution in [0.1, 0.15) is 5.76 Å². The lowest BCUT2D eigenvalue weighted by molar-refractivity contribution is 0.107. The molecule has 0 radical (unpaired) electrons. The second-order valence-electron chi connectivity index (χ2n) is 2.19. The van der Waals surface area contributed by atoms with Crippen LogP contribution >= 0.6 is 15.9 Å². The predicted octanol–water partition coefficient (Wildman–Crippen LogP) is 1.40. The summed E-state index contributed by atoms with van der Waals surface area (Å²) in [4.78, 5) is 15.2. The molecular formula is C7H9BrN2O3. The average Bonchev–Trinajstić information content (AvgIpc) is 2.49. The number of carbonyl (C=O) groups is 1. The molecule has 72 valence electrons. The third kappa shape index (κ3) is 3.47. The number of nitrogens with one attached hydrogen (secondary N) is 2. The van der Waals surface area contributed by atoms with Crippen molar-refractivity contribution < 1.29 is 14.0 Å². The summed E-state index contributed by atoms with van der Waals surface area (Å²) in [5.74, 6) is 0.665. The molecule has 0 atom stereocenters. The molecule has 0 aromatic carbocycles. The van der Waals surface area contributed by atoms with E-state index >= 15 is 0 Å². The maximum absolute atomic E-state index is 10.8. The lowest BCUT2D eigenvalue weighted by Gasteiger charge is -2.02. The van der Waals surface area contributed by atoms with Crippen LogP contribution in [0.5, 0.6) is 0 Å². The molecule has 2 amide bonds. The number of urea groups is 1. The van der Waals surface area contributed by atoms with Crippen LogP contribution in [0.25, 0.3) is 0 Å². The van der Waals surface area contributed by atoms with Crippen LogP contribution in [-0.2, 0) is 11.4 Å². The third-order valence-electron chi connectivity index (χ3n) is 1.25. The SMILES string of the molecule is CONC(=O)NCc1ccc(Br)o1. The van der Waals surface area contributed by atoms with Crippen LogP contribution in [0.2, 0.25) is 0 Å². The number of hydrogen-bond donors (Lipinski definition) is 2. The van der Waals surface area contributed by atoms with E-state index in [1.54, 1.807) is 12.1 Å². The first kappa shape index (κ1) is 10.1. The highest BCUT2D eigenvalue weighted by Crippen LogP contribution is 2.13. The van der Waals surface area contributed by atoms with E-state index in [9.17, 15) is 4.79 Å². The molecule has 0 saturated carbocycles. The van der Waals surface area contributed by atoms with E-state index in [0.717, 1.165) is 0 Å². The molecular weight excluding hydrogens is 240 g/mol. The van der Waals surface area contributed by atoms with E-state index in [1.807, 2.05) is 0 Å². The molecule has 1 aromatic heterocycles. The van der Waals surface area contributed by atoms with Crippen LogP contribution in [0, 0.1) is 0 Å². The maximum Gasteiger partial charge on any atom is 0.339 e. The normalized spacial score (nSPS) is 9.69. The lowest BCUT2D eigenvalue weighted by Crippen LogP contribution is -2.34. The van der Waals surface area contributed by atoms with Crippen LogP contribution in [0.3, 0.4) is 0 Å². The quantitative estimate of drug-likeness (QED) is 0.796. The van der Waals surface area contributed by atoms with Gasteiger partial charge in [-0.2, -0.15) is 0 Å². The number of halogens is 1. The van der Waals surface area contributed by atoms with Crippen LogP contribution in [-0.4, -0.2) is 13.1 Å². The van der Waals surface area contributed by atoms with Crippen molar-refractivity contribution >= 4 is 22.0 Å². The Hall–Kier alpha value is -1.01. The van der Waals surface area contributed by atoms with Crippen molar-refractivity contribution in [2.75, 3.05) is 7.11 Å². The van der Waals surface area contributed by atoms with Gasteiger partial charge < -0.3 is 9.73 Å². The Labute approximate surface area is 83.5 Å². The van der Waals surface area contributed by atoms with Crippen molar-refractivity contribution in [3.8, 4) is 0 Å². The smallest absolute Gasteiger partial charge is 0.339 e. The predicted molar refractivity (Wildman–Crippen MR) is 48.8 cm³/mol. The molecule has 0 aliphatic carbocycles. The van der Waals surface area contributed by atoms with Crippen LogP contribution in [0.4, 0.5) is 4.79 Å². The Morgan fingerprint density at radius 2 is 2.46 bits per heavy atom.